The summed E-state index contributed by atoms with van der Waals surface area (Å²) in [6, 6.07) is 4.48. The first kappa shape index (κ1) is 21.3. The van der Waals surface area contributed by atoms with Crippen LogP contribution >= 0.6 is 0 Å². The van der Waals surface area contributed by atoms with Crippen LogP contribution in [0.2, 0.25) is 0 Å². The van der Waals surface area contributed by atoms with Gasteiger partial charge in [-0.15, -0.1) is 0 Å². The number of rotatable bonds is 11. The van der Waals surface area contributed by atoms with Crippen LogP contribution in [0.1, 0.15) is 46.0 Å². The zero-order valence-corrected chi connectivity index (χ0v) is 16.3. The molecule has 0 aliphatic carbocycles. The second kappa shape index (κ2) is 10.3. The van der Waals surface area contributed by atoms with Gasteiger partial charge in [-0.2, -0.15) is 0 Å². The Balaban J connectivity index is 2.62. The molecular formula is C18H29NO5S. The van der Waals surface area contributed by atoms with Crippen molar-refractivity contribution < 1.29 is 22.7 Å². The van der Waals surface area contributed by atoms with Crippen LogP contribution in [0.25, 0.3) is 0 Å². The van der Waals surface area contributed by atoms with Crippen molar-refractivity contribution in [1.29, 1.82) is 0 Å². The normalized spacial score (nSPS) is 12.5. The lowest BCUT2D eigenvalue weighted by Gasteiger charge is -2.14. The molecule has 142 valence electrons. The topological polar surface area (TPSA) is 81.7 Å². The number of amides is 1. The third-order valence-corrected chi connectivity index (χ3v) is 5.67. The van der Waals surface area contributed by atoms with Gasteiger partial charge in [0.15, 0.2) is 21.3 Å². The van der Waals surface area contributed by atoms with Gasteiger partial charge in [0.05, 0.1) is 24.9 Å². The lowest BCUT2D eigenvalue weighted by molar-refractivity contribution is -0.121. The number of benzene rings is 1. The lowest BCUT2D eigenvalue weighted by Crippen LogP contribution is -2.33. The third kappa shape index (κ3) is 6.94. The van der Waals surface area contributed by atoms with Crippen LogP contribution in [0.15, 0.2) is 23.1 Å². The molecule has 25 heavy (non-hydrogen) atoms. The molecule has 0 heterocycles. The van der Waals surface area contributed by atoms with E-state index in [9.17, 15) is 13.2 Å². The molecule has 0 saturated heterocycles. The zero-order valence-electron chi connectivity index (χ0n) is 15.5. The predicted octanol–water partition coefficient (Wildman–Crippen LogP) is 2.95. The van der Waals surface area contributed by atoms with Crippen molar-refractivity contribution in [1.82, 2.24) is 5.32 Å². The summed E-state index contributed by atoms with van der Waals surface area (Å²) in [5, 5.41) is 2.86. The molecule has 1 aromatic carbocycles. The van der Waals surface area contributed by atoms with Crippen LogP contribution in [0.3, 0.4) is 0 Å². The van der Waals surface area contributed by atoms with Gasteiger partial charge in [-0.1, -0.05) is 26.2 Å². The molecule has 7 heteroatoms. The number of methoxy groups -OCH3 is 2. The number of nitrogens with one attached hydrogen (secondary N) is 1. The summed E-state index contributed by atoms with van der Waals surface area (Å²) in [5.41, 5.74) is 0. The van der Waals surface area contributed by atoms with Crippen molar-refractivity contribution in [3.05, 3.63) is 18.2 Å². The summed E-state index contributed by atoms with van der Waals surface area (Å²) in [6.45, 7) is 4.07. The highest BCUT2D eigenvalue weighted by Crippen LogP contribution is 2.29. The first-order chi connectivity index (χ1) is 11.8. The Morgan fingerprint density at radius 2 is 1.84 bits per heavy atom. The maximum atomic E-state index is 12.4. The average molecular weight is 371 g/mol. The van der Waals surface area contributed by atoms with Gasteiger partial charge in [0.25, 0.3) is 0 Å². The Labute approximate surface area is 150 Å². The van der Waals surface area contributed by atoms with Crippen LogP contribution in [-0.2, 0) is 14.6 Å². The highest BCUT2D eigenvalue weighted by atomic mass is 32.2. The molecule has 1 aromatic rings. The highest BCUT2D eigenvalue weighted by molar-refractivity contribution is 7.91. The highest BCUT2D eigenvalue weighted by Gasteiger charge is 2.19. The molecule has 0 saturated carbocycles. The molecule has 0 aliphatic rings. The van der Waals surface area contributed by atoms with E-state index >= 15 is 0 Å². The summed E-state index contributed by atoms with van der Waals surface area (Å²) < 4.78 is 35.1. The molecule has 6 nitrogen and oxygen atoms in total. The van der Waals surface area contributed by atoms with Gasteiger partial charge in [-0.25, -0.2) is 8.42 Å². The van der Waals surface area contributed by atoms with E-state index in [0.29, 0.717) is 11.5 Å². The van der Waals surface area contributed by atoms with Crippen LogP contribution in [0.5, 0.6) is 11.5 Å². The van der Waals surface area contributed by atoms with E-state index in [1.807, 2.05) is 6.92 Å². The summed E-state index contributed by atoms with van der Waals surface area (Å²) in [4.78, 5) is 12.1. The SMILES string of the molecule is CCCCC[C@@H](C)NC(=O)CCS(=O)(=O)c1ccc(OC)c(OC)c1. The van der Waals surface area contributed by atoms with Crippen molar-refractivity contribution in [2.75, 3.05) is 20.0 Å². The van der Waals surface area contributed by atoms with E-state index in [1.165, 1.54) is 26.4 Å². The van der Waals surface area contributed by atoms with Gasteiger partial charge in [0.2, 0.25) is 5.91 Å². The molecule has 1 N–H and O–H groups in total. The molecule has 1 rings (SSSR count). The minimum atomic E-state index is -3.57. The van der Waals surface area contributed by atoms with E-state index < -0.39 is 9.84 Å². The summed E-state index contributed by atoms with van der Waals surface area (Å²) >= 11 is 0. The number of sulfone groups is 1. The average Bonchev–Trinajstić information content (AvgIpc) is 2.59. The maximum absolute atomic E-state index is 12.4. The fourth-order valence-corrected chi connectivity index (χ4v) is 3.73. The Bertz CT molecular complexity index is 657. The predicted molar refractivity (Wildman–Crippen MR) is 98.0 cm³/mol. The smallest absolute Gasteiger partial charge is 0.221 e. The molecule has 0 aliphatic heterocycles. The number of carbonyl (C=O) groups excluding carboxylic acids is 1. The molecule has 0 unspecified atom stereocenters. The molecule has 1 atom stereocenters. The fourth-order valence-electron chi connectivity index (χ4n) is 2.47. The standard InChI is InChI=1S/C18H29NO5S/c1-5-6-7-8-14(2)19-18(20)11-12-25(21,22)15-9-10-16(23-3)17(13-15)24-4/h9-10,13-14H,5-8,11-12H2,1-4H3,(H,19,20)/t14-/m1/s1. The monoisotopic (exact) mass is 371 g/mol. The third-order valence-electron chi connectivity index (χ3n) is 3.96. The number of hydrogen-bond acceptors (Lipinski definition) is 5. The number of unbranched alkanes of at least 4 members (excludes halogenated alkanes) is 2. The van der Waals surface area contributed by atoms with Gasteiger partial charge in [0.1, 0.15) is 0 Å². The second-order valence-electron chi connectivity index (χ2n) is 6.05. The number of hydrogen-bond donors (Lipinski definition) is 1. The summed E-state index contributed by atoms with van der Waals surface area (Å²) in [6.07, 6.45) is 4.16. The minimum Gasteiger partial charge on any atom is -0.493 e. The first-order valence-electron chi connectivity index (χ1n) is 8.58. The van der Waals surface area contributed by atoms with Gasteiger partial charge in [-0.05, 0) is 25.5 Å². The van der Waals surface area contributed by atoms with Gasteiger partial charge >= 0.3 is 0 Å². The van der Waals surface area contributed by atoms with Crippen LogP contribution in [0, 0.1) is 0 Å². The van der Waals surface area contributed by atoms with E-state index in [-0.39, 0.29) is 29.0 Å². The molecular weight excluding hydrogens is 342 g/mol. The van der Waals surface area contributed by atoms with E-state index in [4.69, 9.17) is 9.47 Å². The van der Waals surface area contributed by atoms with Crippen molar-refractivity contribution in [3.8, 4) is 11.5 Å². The van der Waals surface area contributed by atoms with Crippen molar-refractivity contribution in [3.63, 3.8) is 0 Å². The van der Waals surface area contributed by atoms with E-state index in [2.05, 4.69) is 12.2 Å². The van der Waals surface area contributed by atoms with Crippen LogP contribution in [-0.4, -0.2) is 40.3 Å². The Kier molecular flexibility index (Phi) is 8.75. The quantitative estimate of drug-likeness (QED) is 0.605. The lowest BCUT2D eigenvalue weighted by atomic mass is 10.1. The second-order valence-corrected chi connectivity index (χ2v) is 8.16. The van der Waals surface area contributed by atoms with E-state index in [0.717, 1.165) is 25.7 Å². The molecule has 0 bridgehead atoms. The maximum Gasteiger partial charge on any atom is 0.221 e. The van der Waals surface area contributed by atoms with Gasteiger partial charge < -0.3 is 14.8 Å². The summed E-state index contributed by atoms with van der Waals surface area (Å²) in [7, 11) is -0.636. The minimum absolute atomic E-state index is 0.0582. The van der Waals surface area contributed by atoms with Gasteiger partial charge in [-0.3, -0.25) is 4.79 Å². The van der Waals surface area contributed by atoms with Crippen molar-refractivity contribution in [2.24, 2.45) is 0 Å². The molecule has 0 aromatic heterocycles. The largest absolute Gasteiger partial charge is 0.493 e. The Hall–Kier alpha value is -1.76. The van der Waals surface area contributed by atoms with Crippen LogP contribution < -0.4 is 14.8 Å². The first-order valence-corrected chi connectivity index (χ1v) is 10.2. The summed E-state index contributed by atoms with van der Waals surface area (Å²) in [5.74, 6) is 0.321. The zero-order chi connectivity index (χ0) is 18.9. The fraction of sp³-hybridized carbons (Fsp3) is 0.611. The molecule has 1 amide bonds. The number of carbonyl (C=O) groups is 1. The van der Waals surface area contributed by atoms with Crippen molar-refractivity contribution in [2.45, 2.75) is 56.9 Å². The number of ether oxygens (including phenoxy) is 2. The van der Waals surface area contributed by atoms with E-state index in [1.54, 1.807) is 6.07 Å². The molecule has 0 fully saturated rings. The van der Waals surface area contributed by atoms with Crippen LogP contribution in [0.4, 0.5) is 0 Å². The molecule has 0 spiro atoms. The Morgan fingerprint density at radius 1 is 1.16 bits per heavy atom. The molecule has 0 radical (unpaired) electrons. The van der Waals surface area contributed by atoms with Crippen molar-refractivity contribution >= 4 is 15.7 Å². The van der Waals surface area contributed by atoms with Gasteiger partial charge in [0, 0.05) is 18.5 Å². The Morgan fingerprint density at radius 3 is 2.44 bits per heavy atom.